The molecule has 0 saturated heterocycles. The molecule has 1 heterocycles. The summed E-state index contributed by atoms with van der Waals surface area (Å²) < 4.78 is 19.0. The van der Waals surface area contributed by atoms with Crippen LogP contribution in [0.4, 0.5) is 10.2 Å². The fourth-order valence-corrected chi connectivity index (χ4v) is 1.83. The van der Waals surface area contributed by atoms with Crippen LogP contribution >= 0.6 is 0 Å². The fourth-order valence-electron chi connectivity index (χ4n) is 1.83. The molecule has 0 aliphatic heterocycles. The molecular weight excluding hydrogens is 287 g/mol. The topological polar surface area (TPSA) is 59.8 Å². The van der Waals surface area contributed by atoms with Crippen LogP contribution in [0.15, 0.2) is 35.6 Å². The van der Waals surface area contributed by atoms with Crippen LogP contribution in [0.25, 0.3) is 0 Å². The Morgan fingerprint density at radius 1 is 1.32 bits per heavy atom. The summed E-state index contributed by atoms with van der Waals surface area (Å²) in [6, 6.07) is 7.52. The number of aromatic nitrogens is 2. The zero-order valence-electron chi connectivity index (χ0n) is 12.7. The van der Waals surface area contributed by atoms with E-state index in [0.29, 0.717) is 6.54 Å². The maximum atomic E-state index is 13.9. The molecule has 1 aromatic carbocycles. The summed E-state index contributed by atoms with van der Waals surface area (Å²) in [7, 11) is 3.35. The van der Waals surface area contributed by atoms with Gasteiger partial charge in [-0.25, -0.2) is 4.39 Å². The second-order valence-corrected chi connectivity index (χ2v) is 4.48. The first-order valence-corrected chi connectivity index (χ1v) is 6.65. The lowest BCUT2D eigenvalue weighted by molar-refractivity contribution is 0.313. The fraction of sp³-hybridized carbons (Fsp3) is 0.267. The van der Waals surface area contributed by atoms with Gasteiger partial charge >= 0.3 is 6.01 Å². The maximum Gasteiger partial charge on any atom is 0.347 e. The molecular formula is C15H17FN4O2. The number of rotatable bonds is 6. The van der Waals surface area contributed by atoms with Gasteiger partial charge in [0.1, 0.15) is 5.75 Å². The monoisotopic (exact) mass is 304 g/mol. The molecule has 7 heteroatoms. The zero-order valence-corrected chi connectivity index (χ0v) is 12.7. The minimum absolute atomic E-state index is 0.00363. The minimum atomic E-state index is -0.524. The van der Waals surface area contributed by atoms with E-state index in [1.54, 1.807) is 26.0 Å². The summed E-state index contributed by atoms with van der Waals surface area (Å²) >= 11 is 0. The number of ether oxygens (including phenoxy) is 1. The number of anilines is 1. The molecule has 6 nitrogen and oxygen atoms in total. The van der Waals surface area contributed by atoms with Gasteiger partial charge in [-0.2, -0.15) is 9.97 Å². The molecule has 0 N–H and O–H groups in total. The summed E-state index contributed by atoms with van der Waals surface area (Å²) in [5, 5.41) is 3.57. The van der Waals surface area contributed by atoms with E-state index in [1.807, 2.05) is 24.3 Å². The van der Waals surface area contributed by atoms with Gasteiger partial charge in [0, 0.05) is 19.8 Å². The van der Waals surface area contributed by atoms with E-state index in [1.165, 1.54) is 6.21 Å². The average molecular weight is 304 g/mol. The summed E-state index contributed by atoms with van der Waals surface area (Å²) in [6.07, 6.45) is 2.51. The summed E-state index contributed by atoms with van der Waals surface area (Å²) in [5.41, 5.74) is 0.996. The van der Waals surface area contributed by atoms with E-state index in [2.05, 4.69) is 15.1 Å². The Morgan fingerprint density at radius 2 is 2.05 bits per heavy atom. The first kappa shape index (κ1) is 15.7. The third kappa shape index (κ3) is 3.91. The lowest BCUT2D eigenvalue weighted by Crippen LogP contribution is -2.19. The van der Waals surface area contributed by atoms with Crippen LogP contribution in [0.3, 0.4) is 0 Å². The second-order valence-electron chi connectivity index (χ2n) is 4.48. The number of oxime groups is 1. The van der Waals surface area contributed by atoms with Gasteiger partial charge in [-0.15, -0.1) is 0 Å². The first-order valence-electron chi connectivity index (χ1n) is 6.65. The number of hydrogen-bond acceptors (Lipinski definition) is 6. The van der Waals surface area contributed by atoms with Gasteiger partial charge in [0.25, 0.3) is 0 Å². The van der Waals surface area contributed by atoms with Gasteiger partial charge in [0.05, 0.1) is 13.3 Å². The first-order chi connectivity index (χ1) is 10.6. The van der Waals surface area contributed by atoms with E-state index in [9.17, 15) is 4.39 Å². The van der Waals surface area contributed by atoms with Crippen molar-refractivity contribution in [2.75, 3.05) is 19.1 Å². The Balaban J connectivity index is 2.14. The Kier molecular flexibility index (Phi) is 5.24. The van der Waals surface area contributed by atoms with Crippen molar-refractivity contribution in [1.29, 1.82) is 0 Å². The normalized spacial score (nSPS) is 10.7. The number of nitrogens with zero attached hydrogens (tertiary/aromatic N) is 4. The largest absolute Gasteiger partial charge is 0.497 e. The quantitative estimate of drug-likeness (QED) is 0.606. The predicted octanol–water partition coefficient (Wildman–Crippen LogP) is 2.65. The van der Waals surface area contributed by atoms with Crippen LogP contribution in [-0.2, 0) is 6.54 Å². The van der Waals surface area contributed by atoms with Gasteiger partial charge in [0.15, 0.2) is 11.6 Å². The van der Waals surface area contributed by atoms with E-state index in [4.69, 9.17) is 9.57 Å². The van der Waals surface area contributed by atoms with Crippen molar-refractivity contribution in [3.8, 4) is 11.8 Å². The number of methoxy groups -OCH3 is 1. The lowest BCUT2D eigenvalue weighted by Gasteiger charge is -2.18. The molecule has 0 aliphatic rings. The van der Waals surface area contributed by atoms with E-state index in [-0.39, 0.29) is 11.8 Å². The van der Waals surface area contributed by atoms with E-state index < -0.39 is 5.82 Å². The predicted molar refractivity (Wildman–Crippen MR) is 81.9 cm³/mol. The SMILES string of the molecule is C/C=N/Oc1ncc(F)c(N(C)Cc2ccc(OC)cc2)n1. The molecule has 0 saturated carbocycles. The van der Waals surface area contributed by atoms with Crippen LogP contribution in [0.5, 0.6) is 11.8 Å². The molecule has 0 unspecified atom stereocenters. The molecule has 22 heavy (non-hydrogen) atoms. The van der Waals surface area contributed by atoms with Gasteiger partial charge in [-0.3, -0.25) is 0 Å². The van der Waals surface area contributed by atoms with Gasteiger partial charge in [-0.1, -0.05) is 17.3 Å². The van der Waals surface area contributed by atoms with Gasteiger partial charge < -0.3 is 14.5 Å². The molecule has 0 bridgehead atoms. The second kappa shape index (κ2) is 7.35. The highest BCUT2D eigenvalue weighted by Gasteiger charge is 2.13. The van der Waals surface area contributed by atoms with Crippen LogP contribution < -0.4 is 14.5 Å². The zero-order chi connectivity index (χ0) is 15.9. The number of halogens is 1. The molecule has 0 atom stereocenters. The molecule has 0 spiro atoms. The molecule has 0 aliphatic carbocycles. The summed E-state index contributed by atoms with van der Waals surface area (Å²) in [6.45, 7) is 2.18. The third-order valence-electron chi connectivity index (χ3n) is 2.88. The summed E-state index contributed by atoms with van der Waals surface area (Å²) in [4.78, 5) is 14.3. The molecule has 2 aromatic rings. The highest BCUT2D eigenvalue weighted by Crippen LogP contribution is 2.20. The molecule has 1 aromatic heterocycles. The van der Waals surface area contributed by atoms with E-state index >= 15 is 0 Å². The average Bonchev–Trinajstić information content (AvgIpc) is 2.54. The Bertz CT molecular complexity index is 646. The van der Waals surface area contributed by atoms with Crippen molar-refractivity contribution in [3.63, 3.8) is 0 Å². The third-order valence-corrected chi connectivity index (χ3v) is 2.88. The Morgan fingerprint density at radius 3 is 2.68 bits per heavy atom. The number of benzene rings is 1. The minimum Gasteiger partial charge on any atom is -0.497 e. The highest BCUT2D eigenvalue weighted by atomic mass is 19.1. The highest BCUT2D eigenvalue weighted by molar-refractivity contribution is 5.52. The van der Waals surface area contributed by atoms with Crippen LogP contribution in [-0.4, -0.2) is 30.3 Å². The lowest BCUT2D eigenvalue weighted by atomic mass is 10.2. The molecule has 116 valence electrons. The van der Waals surface area contributed by atoms with Crippen molar-refractivity contribution < 1.29 is 14.0 Å². The molecule has 2 rings (SSSR count). The Labute approximate surface area is 128 Å². The van der Waals surface area contributed by atoms with Crippen molar-refractivity contribution in [2.24, 2.45) is 5.16 Å². The van der Waals surface area contributed by atoms with Crippen molar-refractivity contribution in [3.05, 3.63) is 41.8 Å². The standard InChI is InChI=1S/C15H17FN4O2/c1-4-18-22-15-17-9-13(16)14(19-15)20(2)10-11-5-7-12(21-3)8-6-11/h4-9H,10H2,1-3H3/b18-4+. The van der Waals surface area contributed by atoms with Crippen LogP contribution in [0, 0.1) is 5.82 Å². The van der Waals surface area contributed by atoms with Crippen molar-refractivity contribution >= 4 is 12.0 Å². The van der Waals surface area contributed by atoms with Crippen molar-refractivity contribution in [2.45, 2.75) is 13.5 Å². The van der Waals surface area contributed by atoms with E-state index in [0.717, 1.165) is 17.5 Å². The van der Waals surface area contributed by atoms with Gasteiger partial charge in [0.2, 0.25) is 0 Å². The smallest absolute Gasteiger partial charge is 0.347 e. The van der Waals surface area contributed by atoms with Crippen LogP contribution in [0.1, 0.15) is 12.5 Å². The van der Waals surface area contributed by atoms with Crippen molar-refractivity contribution in [1.82, 2.24) is 9.97 Å². The number of hydrogen-bond donors (Lipinski definition) is 0. The Hall–Kier alpha value is -2.70. The van der Waals surface area contributed by atoms with Gasteiger partial charge in [-0.05, 0) is 24.6 Å². The maximum absolute atomic E-state index is 13.9. The molecule has 0 radical (unpaired) electrons. The molecule has 0 fully saturated rings. The summed E-state index contributed by atoms with van der Waals surface area (Å²) in [5.74, 6) is 0.392. The van der Waals surface area contributed by atoms with Crippen LogP contribution in [0.2, 0.25) is 0 Å². The molecule has 0 amide bonds.